The first-order chi connectivity index (χ1) is 28.2. The number of nitrogens with zero attached hydrogens (tertiary/aromatic N) is 5. The average molecular weight is 734 g/mol. The molecular weight excluding hydrogens is 707 g/mol. The molecule has 0 amide bonds. The number of benzene rings is 7. The highest BCUT2D eigenvalue weighted by Crippen LogP contribution is 2.42. The molecule has 5 aromatic heterocycles. The molecule has 12 aromatic rings. The molecule has 0 spiro atoms. The zero-order valence-electron chi connectivity index (χ0n) is 30.0. The van der Waals surface area contributed by atoms with Crippen molar-refractivity contribution in [3.63, 3.8) is 0 Å². The third-order valence-electron chi connectivity index (χ3n) is 10.6. The Morgan fingerprint density at radius 3 is 1.54 bits per heavy atom. The van der Waals surface area contributed by atoms with Crippen LogP contribution in [0.15, 0.2) is 177 Å². The van der Waals surface area contributed by atoms with E-state index in [9.17, 15) is 0 Å². The Morgan fingerprint density at radius 1 is 0.298 bits per heavy atom. The van der Waals surface area contributed by atoms with Crippen molar-refractivity contribution in [1.29, 1.82) is 0 Å². The van der Waals surface area contributed by atoms with Crippen LogP contribution in [0.3, 0.4) is 0 Å². The van der Waals surface area contributed by atoms with Gasteiger partial charge in [0.15, 0.2) is 28.9 Å². The van der Waals surface area contributed by atoms with Crippen LogP contribution in [0.25, 0.3) is 123 Å². The van der Waals surface area contributed by atoms with E-state index in [1.54, 1.807) is 0 Å². The van der Waals surface area contributed by atoms with Crippen molar-refractivity contribution in [1.82, 2.24) is 24.9 Å². The summed E-state index contributed by atoms with van der Waals surface area (Å²) in [7, 11) is 0. The predicted molar refractivity (Wildman–Crippen MR) is 224 cm³/mol. The van der Waals surface area contributed by atoms with Crippen LogP contribution in [-0.2, 0) is 0 Å². The van der Waals surface area contributed by atoms with E-state index in [0.717, 1.165) is 82.7 Å². The van der Waals surface area contributed by atoms with E-state index in [0.29, 0.717) is 40.0 Å². The van der Waals surface area contributed by atoms with Gasteiger partial charge in [-0.3, -0.25) is 0 Å². The van der Waals surface area contributed by atoms with Gasteiger partial charge < -0.3 is 13.3 Å². The van der Waals surface area contributed by atoms with Gasteiger partial charge in [-0.1, -0.05) is 127 Å². The molecule has 57 heavy (non-hydrogen) atoms. The van der Waals surface area contributed by atoms with Gasteiger partial charge in [-0.15, -0.1) is 0 Å². The zero-order chi connectivity index (χ0) is 37.5. The second-order valence-corrected chi connectivity index (χ2v) is 14.0. The Balaban J connectivity index is 1.09. The van der Waals surface area contributed by atoms with Gasteiger partial charge in [0.05, 0.1) is 11.1 Å². The molecule has 0 bridgehead atoms. The minimum absolute atomic E-state index is 0.479. The van der Waals surface area contributed by atoms with E-state index in [1.807, 2.05) is 146 Å². The molecule has 266 valence electrons. The highest BCUT2D eigenvalue weighted by molar-refractivity contribution is 6.16. The summed E-state index contributed by atoms with van der Waals surface area (Å²) in [5.41, 5.74) is 9.91. The van der Waals surface area contributed by atoms with Crippen molar-refractivity contribution < 1.29 is 13.3 Å². The average Bonchev–Trinajstić information content (AvgIpc) is 3.98. The molecule has 0 atom stereocenters. The molecular formula is C49H27N5O3. The lowest BCUT2D eigenvalue weighted by Gasteiger charge is -2.09. The summed E-state index contributed by atoms with van der Waals surface area (Å²) < 4.78 is 19.6. The molecule has 0 aliphatic rings. The monoisotopic (exact) mass is 733 g/mol. The quantitative estimate of drug-likeness (QED) is 0.172. The van der Waals surface area contributed by atoms with E-state index in [4.69, 9.17) is 38.2 Å². The van der Waals surface area contributed by atoms with Gasteiger partial charge in [-0.05, 0) is 36.4 Å². The summed E-state index contributed by atoms with van der Waals surface area (Å²) in [6, 6.07) is 54.2. The standard InChI is InChI=1S/C49H27N5O3/c1-3-14-28(15-4-1)41-45-42(32-19-8-10-26-38(32)56-45)51-47(50-41)34-22-13-27-39-40(34)33-21-12-24-36(44(33)57-39)49-53-46(29-16-5-2-6-17-29)52-48(54-49)35-23-11-20-31-30-18-7-9-25-37(30)55-43(31)35/h1-27H. The molecule has 0 saturated heterocycles. The second-order valence-electron chi connectivity index (χ2n) is 14.0. The van der Waals surface area contributed by atoms with Gasteiger partial charge in [0.2, 0.25) is 0 Å². The molecule has 5 heterocycles. The topological polar surface area (TPSA) is 104 Å². The normalized spacial score (nSPS) is 11.9. The summed E-state index contributed by atoms with van der Waals surface area (Å²) in [5.74, 6) is 2.09. The minimum atomic E-state index is 0.479. The molecule has 0 aliphatic carbocycles. The van der Waals surface area contributed by atoms with Crippen LogP contribution < -0.4 is 0 Å². The number of fused-ring (bicyclic) bond motifs is 9. The third kappa shape index (κ3) is 4.91. The molecule has 8 heteroatoms. The highest BCUT2D eigenvalue weighted by Gasteiger charge is 2.24. The van der Waals surface area contributed by atoms with E-state index >= 15 is 0 Å². The Kier molecular flexibility index (Phi) is 6.76. The van der Waals surface area contributed by atoms with Gasteiger partial charge in [0.25, 0.3) is 0 Å². The van der Waals surface area contributed by atoms with Gasteiger partial charge in [-0.25, -0.2) is 24.9 Å². The molecule has 8 nitrogen and oxygen atoms in total. The van der Waals surface area contributed by atoms with Gasteiger partial charge in [0.1, 0.15) is 39.1 Å². The Bertz CT molecular complexity index is 3530. The number of hydrogen-bond donors (Lipinski definition) is 0. The van der Waals surface area contributed by atoms with Crippen molar-refractivity contribution in [2.75, 3.05) is 0 Å². The fraction of sp³-hybridized carbons (Fsp3) is 0. The van der Waals surface area contributed by atoms with Gasteiger partial charge in [0, 0.05) is 43.6 Å². The minimum Gasteiger partial charge on any atom is -0.455 e. The maximum atomic E-state index is 6.77. The summed E-state index contributed by atoms with van der Waals surface area (Å²) >= 11 is 0. The van der Waals surface area contributed by atoms with Crippen LogP contribution in [0.2, 0.25) is 0 Å². The number of para-hydroxylation sites is 4. The van der Waals surface area contributed by atoms with E-state index in [1.165, 1.54) is 0 Å². The first-order valence-corrected chi connectivity index (χ1v) is 18.7. The smallest absolute Gasteiger partial charge is 0.180 e. The number of hydrogen-bond acceptors (Lipinski definition) is 8. The second kappa shape index (κ2) is 12.3. The predicted octanol–water partition coefficient (Wildman–Crippen LogP) is 12.7. The zero-order valence-corrected chi connectivity index (χ0v) is 30.0. The van der Waals surface area contributed by atoms with Crippen molar-refractivity contribution in [3.05, 3.63) is 164 Å². The van der Waals surface area contributed by atoms with Gasteiger partial charge >= 0.3 is 0 Å². The van der Waals surface area contributed by atoms with Crippen molar-refractivity contribution in [2.24, 2.45) is 0 Å². The third-order valence-corrected chi connectivity index (χ3v) is 10.6. The van der Waals surface area contributed by atoms with Crippen LogP contribution in [0, 0.1) is 0 Å². The Labute approximate surface area is 323 Å². The fourth-order valence-corrected chi connectivity index (χ4v) is 7.97. The number of furan rings is 3. The number of rotatable bonds is 5. The summed E-state index contributed by atoms with van der Waals surface area (Å²) in [6.07, 6.45) is 0. The summed E-state index contributed by atoms with van der Waals surface area (Å²) in [5, 5.41) is 4.75. The lowest BCUT2D eigenvalue weighted by molar-refractivity contribution is 0.667. The largest absolute Gasteiger partial charge is 0.455 e. The van der Waals surface area contributed by atoms with Gasteiger partial charge in [-0.2, -0.15) is 0 Å². The highest BCUT2D eigenvalue weighted by atomic mass is 16.3. The summed E-state index contributed by atoms with van der Waals surface area (Å²) in [4.78, 5) is 25.6. The number of aromatic nitrogens is 5. The van der Waals surface area contributed by atoms with Crippen LogP contribution >= 0.6 is 0 Å². The maximum Gasteiger partial charge on any atom is 0.180 e. The SMILES string of the molecule is c1ccc(-c2nc(-c3cccc4c3oc3ccccc34)nc(-c3cccc4c3oc3cccc(-c5nc(-c6ccccc6)c6oc7ccccc7c6n5)c34)n2)cc1. The molecule has 0 saturated carbocycles. The van der Waals surface area contributed by atoms with Crippen molar-refractivity contribution in [2.45, 2.75) is 0 Å². The molecule has 7 aromatic carbocycles. The first kappa shape index (κ1) is 31.4. The van der Waals surface area contributed by atoms with Crippen molar-refractivity contribution in [3.8, 4) is 56.8 Å². The molecule has 0 aliphatic heterocycles. The maximum absolute atomic E-state index is 6.77. The van der Waals surface area contributed by atoms with E-state index in [-0.39, 0.29) is 0 Å². The molecule has 0 N–H and O–H groups in total. The van der Waals surface area contributed by atoms with Crippen LogP contribution in [0.5, 0.6) is 0 Å². The Hall–Kier alpha value is -7.97. The van der Waals surface area contributed by atoms with Crippen molar-refractivity contribution >= 4 is 65.9 Å². The van der Waals surface area contributed by atoms with Crippen LogP contribution in [0.1, 0.15) is 0 Å². The van der Waals surface area contributed by atoms with E-state index < -0.39 is 0 Å². The lowest BCUT2D eigenvalue weighted by Crippen LogP contribution is -2.00. The van der Waals surface area contributed by atoms with Crippen LogP contribution in [0.4, 0.5) is 0 Å². The lowest BCUT2D eigenvalue weighted by atomic mass is 10.0. The first-order valence-electron chi connectivity index (χ1n) is 18.7. The molecule has 12 rings (SSSR count). The molecule has 0 fully saturated rings. The molecule has 0 radical (unpaired) electrons. The van der Waals surface area contributed by atoms with Crippen LogP contribution in [-0.4, -0.2) is 24.9 Å². The van der Waals surface area contributed by atoms with E-state index in [2.05, 4.69) is 18.2 Å². The fourth-order valence-electron chi connectivity index (χ4n) is 7.97. The molecule has 0 unspecified atom stereocenters. The summed E-state index contributed by atoms with van der Waals surface area (Å²) in [6.45, 7) is 0. The Morgan fingerprint density at radius 2 is 0.789 bits per heavy atom.